The third-order valence-electron chi connectivity index (χ3n) is 3.97. The van der Waals surface area contributed by atoms with Crippen molar-refractivity contribution in [2.24, 2.45) is 5.10 Å². The summed E-state index contributed by atoms with van der Waals surface area (Å²) in [5.74, 6) is -0.194. The molecule has 130 valence electrons. The monoisotopic (exact) mass is 345 g/mol. The molecule has 0 unspecified atom stereocenters. The molecule has 0 aliphatic carbocycles. The number of aryl methyl sites for hydroxylation is 1. The number of aromatic hydroxyl groups is 1. The molecule has 0 spiro atoms. The Kier molecular flexibility index (Phi) is 5.08. The van der Waals surface area contributed by atoms with Crippen LogP contribution in [0.2, 0.25) is 0 Å². The zero-order chi connectivity index (χ0) is 18.5. The smallest absolute Gasteiger partial charge is 0.272 e. The highest BCUT2D eigenvalue weighted by Gasteiger charge is 2.11. The number of para-hydroxylation sites is 2. The highest BCUT2D eigenvalue weighted by molar-refractivity contribution is 6.06. The van der Waals surface area contributed by atoms with E-state index in [0.717, 1.165) is 22.2 Å². The Morgan fingerprint density at radius 1 is 1.27 bits per heavy atom. The summed E-state index contributed by atoms with van der Waals surface area (Å²) in [4.78, 5) is 17.0. The molecule has 0 bridgehead atoms. The molecule has 5 heteroatoms. The molecule has 1 amide bonds. The minimum atomic E-state index is -0.329. The summed E-state index contributed by atoms with van der Waals surface area (Å²) in [5, 5.41) is 15.0. The summed E-state index contributed by atoms with van der Waals surface area (Å²) in [6.45, 7) is 5.51. The predicted molar refractivity (Wildman–Crippen MR) is 104 cm³/mol. The highest BCUT2D eigenvalue weighted by atomic mass is 16.3. The zero-order valence-electron chi connectivity index (χ0n) is 14.4. The molecule has 26 heavy (non-hydrogen) atoms. The molecular formula is C21H19N3O2. The van der Waals surface area contributed by atoms with E-state index in [2.05, 4.69) is 22.1 Å². The summed E-state index contributed by atoms with van der Waals surface area (Å²) < 4.78 is 0. The minimum Gasteiger partial charge on any atom is -0.507 e. The molecule has 3 aromatic rings. The molecule has 0 atom stereocenters. The van der Waals surface area contributed by atoms with Gasteiger partial charge in [-0.25, -0.2) is 5.43 Å². The number of hydrogen-bond donors (Lipinski definition) is 2. The van der Waals surface area contributed by atoms with Crippen molar-refractivity contribution >= 4 is 23.0 Å². The summed E-state index contributed by atoms with van der Waals surface area (Å²) in [6, 6.07) is 14.6. The fourth-order valence-electron chi connectivity index (χ4n) is 2.75. The van der Waals surface area contributed by atoms with E-state index in [-0.39, 0.29) is 11.7 Å². The van der Waals surface area contributed by atoms with Crippen LogP contribution in [0.5, 0.6) is 5.75 Å². The van der Waals surface area contributed by atoms with Crippen molar-refractivity contribution in [1.82, 2.24) is 10.4 Å². The van der Waals surface area contributed by atoms with Crippen LogP contribution in [0.4, 0.5) is 0 Å². The molecule has 0 radical (unpaired) electrons. The first kappa shape index (κ1) is 17.4. The molecular weight excluding hydrogens is 326 g/mol. The van der Waals surface area contributed by atoms with E-state index in [0.29, 0.717) is 17.5 Å². The second kappa shape index (κ2) is 7.61. The van der Waals surface area contributed by atoms with E-state index >= 15 is 0 Å². The van der Waals surface area contributed by atoms with Crippen molar-refractivity contribution in [2.45, 2.75) is 13.3 Å². The van der Waals surface area contributed by atoms with Gasteiger partial charge in [0, 0.05) is 16.6 Å². The molecule has 1 heterocycles. The Morgan fingerprint density at radius 3 is 2.88 bits per heavy atom. The molecule has 5 nitrogen and oxygen atoms in total. The Labute approximate surface area is 151 Å². The first-order chi connectivity index (χ1) is 12.6. The number of benzene rings is 2. The topological polar surface area (TPSA) is 74.6 Å². The standard InChI is InChI=1S/C21H19N3O2/c1-3-7-15-8-6-9-16(20(15)25)13-22-24-21(26)18-12-14(2)23-19-11-5-4-10-17(18)19/h3-6,8-13,25H,1,7H2,2H3,(H,24,26)/b22-13+. The quantitative estimate of drug-likeness (QED) is 0.420. The molecule has 0 saturated heterocycles. The Hall–Kier alpha value is -3.47. The molecule has 0 aliphatic heterocycles. The number of nitrogens with zero attached hydrogens (tertiary/aromatic N) is 2. The minimum absolute atomic E-state index is 0.135. The summed E-state index contributed by atoms with van der Waals surface area (Å²) >= 11 is 0. The average molecular weight is 345 g/mol. The number of carbonyl (C=O) groups is 1. The lowest BCUT2D eigenvalue weighted by atomic mass is 10.1. The number of pyridine rings is 1. The van der Waals surface area contributed by atoms with Crippen LogP contribution in [0.3, 0.4) is 0 Å². The number of rotatable bonds is 5. The predicted octanol–water partition coefficient (Wildman–Crippen LogP) is 3.74. The van der Waals surface area contributed by atoms with E-state index in [1.165, 1.54) is 6.21 Å². The molecule has 0 saturated carbocycles. The first-order valence-corrected chi connectivity index (χ1v) is 8.21. The van der Waals surface area contributed by atoms with Crippen molar-refractivity contribution in [3.05, 3.63) is 83.6 Å². The van der Waals surface area contributed by atoms with Crippen LogP contribution < -0.4 is 5.43 Å². The van der Waals surface area contributed by atoms with Gasteiger partial charge in [0.25, 0.3) is 5.91 Å². The lowest BCUT2D eigenvalue weighted by Crippen LogP contribution is -2.18. The number of nitrogens with one attached hydrogen (secondary N) is 1. The molecule has 0 fully saturated rings. The van der Waals surface area contributed by atoms with E-state index in [1.54, 1.807) is 18.2 Å². The third-order valence-corrected chi connectivity index (χ3v) is 3.97. The lowest BCUT2D eigenvalue weighted by molar-refractivity contribution is 0.0956. The average Bonchev–Trinajstić information content (AvgIpc) is 2.64. The van der Waals surface area contributed by atoms with Crippen LogP contribution >= 0.6 is 0 Å². The summed E-state index contributed by atoms with van der Waals surface area (Å²) in [6.07, 6.45) is 3.70. The fraction of sp³-hybridized carbons (Fsp3) is 0.0952. The van der Waals surface area contributed by atoms with Gasteiger partial charge in [-0.15, -0.1) is 6.58 Å². The number of hydrogen-bond acceptors (Lipinski definition) is 4. The van der Waals surface area contributed by atoms with Gasteiger partial charge in [0.2, 0.25) is 0 Å². The van der Waals surface area contributed by atoms with Crippen LogP contribution in [-0.4, -0.2) is 22.2 Å². The molecule has 0 aliphatic rings. The van der Waals surface area contributed by atoms with Crippen LogP contribution in [0.15, 0.2) is 66.3 Å². The third kappa shape index (κ3) is 3.62. The maximum Gasteiger partial charge on any atom is 0.272 e. The lowest BCUT2D eigenvalue weighted by Gasteiger charge is -2.07. The van der Waals surface area contributed by atoms with Gasteiger partial charge in [-0.1, -0.05) is 36.4 Å². The molecule has 3 rings (SSSR count). The van der Waals surface area contributed by atoms with Gasteiger partial charge in [0.1, 0.15) is 5.75 Å². The Balaban J connectivity index is 1.83. The number of amides is 1. The van der Waals surface area contributed by atoms with Crippen LogP contribution in [0, 0.1) is 6.92 Å². The molecule has 1 aromatic heterocycles. The highest BCUT2D eigenvalue weighted by Crippen LogP contribution is 2.22. The van der Waals surface area contributed by atoms with Gasteiger partial charge in [0.15, 0.2) is 0 Å². The largest absolute Gasteiger partial charge is 0.507 e. The van der Waals surface area contributed by atoms with Gasteiger partial charge in [-0.3, -0.25) is 9.78 Å². The molecule has 2 N–H and O–H groups in total. The van der Waals surface area contributed by atoms with E-state index < -0.39 is 0 Å². The zero-order valence-corrected chi connectivity index (χ0v) is 14.4. The van der Waals surface area contributed by atoms with Gasteiger partial charge in [-0.2, -0.15) is 5.10 Å². The Bertz CT molecular complexity index is 1010. The van der Waals surface area contributed by atoms with Gasteiger partial charge in [-0.05, 0) is 37.1 Å². The van der Waals surface area contributed by atoms with E-state index in [9.17, 15) is 9.90 Å². The number of phenols is 1. The maximum atomic E-state index is 12.5. The summed E-state index contributed by atoms with van der Waals surface area (Å²) in [7, 11) is 0. The number of phenolic OH excluding ortho intramolecular Hbond substituents is 1. The number of fused-ring (bicyclic) bond motifs is 1. The normalized spacial score (nSPS) is 11.0. The van der Waals surface area contributed by atoms with E-state index in [1.807, 2.05) is 43.3 Å². The molecule has 2 aromatic carbocycles. The SMILES string of the molecule is C=CCc1cccc(/C=N/NC(=O)c2cc(C)nc3ccccc23)c1O. The first-order valence-electron chi connectivity index (χ1n) is 8.21. The number of allylic oxidation sites excluding steroid dienone is 1. The van der Waals surface area contributed by atoms with Crippen molar-refractivity contribution in [2.75, 3.05) is 0 Å². The van der Waals surface area contributed by atoms with Crippen LogP contribution in [-0.2, 0) is 6.42 Å². The number of carbonyl (C=O) groups excluding carboxylic acids is 1. The maximum absolute atomic E-state index is 12.5. The van der Waals surface area contributed by atoms with E-state index in [4.69, 9.17) is 0 Å². The van der Waals surface area contributed by atoms with Gasteiger partial charge in [0.05, 0.1) is 17.3 Å². The van der Waals surface area contributed by atoms with Gasteiger partial charge >= 0.3 is 0 Å². The second-order valence-corrected chi connectivity index (χ2v) is 5.88. The fourth-order valence-corrected chi connectivity index (χ4v) is 2.75. The van der Waals surface area contributed by atoms with Crippen molar-refractivity contribution in [3.63, 3.8) is 0 Å². The van der Waals surface area contributed by atoms with Crippen molar-refractivity contribution < 1.29 is 9.90 Å². The van der Waals surface area contributed by atoms with Crippen LogP contribution in [0.25, 0.3) is 10.9 Å². The van der Waals surface area contributed by atoms with Gasteiger partial charge < -0.3 is 5.11 Å². The Morgan fingerprint density at radius 2 is 2.08 bits per heavy atom. The van der Waals surface area contributed by atoms with Crippen LogP contribution in [0.1, 0.15) is 27.2 Å². The number of hydrazone groups is 1. The summed E-state index contributed by atoms with van der Waals surface area (Å²) in [5.41, 5.74) is 5.83. The van der Waals surface area contributed by atoms with Crippen molar-refractivity contribution in [3.8, 4) is 5.75 Å². The number of aromatic nitrogens is 1. The second-order valence-electron chi connectivity index (χ2n) is 5.88. The van der Waals surface area contributed by atoms with Crippen molar-refractivity contribution in [1.29, 1.82) is 0 Å².